The van der Waals surface area contributed by atoms with Gasteiger partial charge in [0.05, 0.1) is 5.69 Å². The molecule has 0 saturated carbocycles. The summed E-state index contributed by atoms with van der Waals surface area (Å²) in [5.41, 5.74) is 2.80. The molecule has 0 saturated heterocycles. The Bertz CT molecular complexity index is 529. The Labute approximate surface area is 112 Å². The first-order valence-electron chi connectivity index (χ1n) is 5.74. The Hall–Kier alpha value is -1.74. The zero-order valence-electron chi connectivity index (χ0n) is 10.4. The van der Waals surface area contributed by atoms with Crippen LogP contribution in [0.3, 0.4) is 0 Å². The number of carbonyl (C=O) groups is 1. The van der Waals surface area contributed by atoms with Crippen molar-refractivity contribution in [2.45, 2.75) is 13.8 Å². The molecule has 3 nitrogen and oxygen atoms in total. The molecule has 0 aliphatic rings. The zero-order valence-corrected chi connectivity index (χ0v) is 11.2. The van der Waals surface area contributed by atoms with Crippen LogP contribution in [0.1, 0.15) is 11.4 Å². The van der Waals surface area contributed by atoms with Gasteiger partial charge in [-0.05, 0) is 38.1 Å². The second-order valence-electron chi connectivity index (χ2n) is 4.10. The third-order valence-corrected chi connectivity index (χ3v) is 3.01. The molecule has 0 atom stereocenters. The molecule has 1 aromatic heterocycles. The summed E-state index contributed by atoms with van der Waals surface area (Å²) in [5.74, 6) is -0.198. The van der Waals surface area contributed by atoms with E-state index < -0.39 is 0 Å². The van der Waals surface area contributed by atoms with Crippen LogP contribution in [0.25, 0.3) is 0 Å². The predicted molar refractivity (Wildman–Crippen MR) is 74.0 cm³/mol. The number of hydrogen-bond donors (Lipinski definition) is 0. The molecular formula is C14H15ClN2O. The van der Waals surface area contributed by atoms with Crippen molar-refractivity contribution in [2.75, 3.05) is 10.9 Å². The van der Waals surface area contributed by atoms with Crippen LogP contribution in [0.2, 0.25) is 0 Å². The van der Waals surface area contributed by atoms with Crippen LogP contribution in [-0.2, 0) is 4.79 Å². The first kappa shape index (κ1) is 12.7. The fourth-order valence-electron chi connectivity index (χ4n) is 1.97. The van der Waals surface area contributed by atoms with Crippen molar-refractivity contribution in [1.82, 2.24) is 4.68 Å². The summed E-state index contributed by atoms with van der Waals surface area (Å²) in [6.07, 6.45) is 0. The maximum atomic E-state index is 12.1. The van der Waals surface area contributed by atoms with Crippen molar-refractivity contribution in [3.63, 3.8) is 0 Å². The summed E-state index contributed by atoms with van der Waals surface area (Å²) >= 11 is 5.71. The van der Waals surface area contributed by atoms with Gasteiger partial charge in [0.2, 0.25) is 0 Å². The molecule has 1 aromatic carbocycles. The minimum atomic E-state index is -0.148. The van der Waals surface area contributed by atoms with Crippen molar-refractivity contribution in [1.29, 1.82) is 0 Å². The number of aryl methyl sites for hydroxylation is 2. The monoisotopic (exact) mass is 262 g/mol. The SMILES string of the molecule is Cc1ccc(C)n1N(C(=O)CCl)c1ccccc1. The zero-order chi connectivity index (χ0) is 13.1. The van der Waals surface area contributed by atoms with Gasteiger partial charge in [0.15, 0.2) is 0 Å². The van der Waals surface area contributed by atoms with Crippen molar-refractivity contribution >= 4 is 23.2 Å². The Morgan fingerprint density at radius 3 is 2.17 bits per heavy atom. The number of aromatic nitrogens is 1. The molecule has 4 heteroatoms. The van der Waals surface area contributed by atoms with Crippen molar-refractivity contribution < 1.29 is 4.79 Å². The van der Waals surface area contributed by atoms with Gasteiger partial charge < -0.3 is 0 Å². The highest BCUT2D eigenvalue weighted by molar-refractivity contribution is 6.29. The lowest BCUT2D eigenvalue weighted by Crippen LogP contribution is -2.38. The summed E-state index contributed by atoms with van der Waals surface area (Å²) in [6, 6.07) is 13.5. The molecule has 0 N–H and O–H groups in total. The molecule has 0 spiro atoms. The summed E-state index contributed by atoms with van der Waals surface area (Å²) in [5, 5.41) is 1.61. The van der Waals surface area contributed by atoms with Crippen molar-refractivity contribution in [3.05, 3.63) is 53.9 Å². The molecule has 0 aliphatic carbocycles. The molecule has 94 valence electrons. The average Bonchev–Trinajstić information content (AvgIpc) is 2.72. The number of hydrogen-bond acceptors (Lipinski definition) is 1. The quantitative estimate of drug-likeness (QED) is 0.780. The highest BCUT2D eigenvalue weighted by Crippen LogP contribution is 2.19. The highest BCUT2D eigenvalue weighted by atomic mass is 35.5. The van der Waals surface area contributed by atoms with Crippen LogP contribution >= 0.6 is 11.6 Å². The fraction of sp³-hybridized carbons (Fsp3) is 0.214. The highest BCUT2D eigenvalue weighted by Gasteiger charge is 2.19. The van der Waals surface area contributed by atoms with Crippen LogP contribution in [-0.4, -0.2) is 16.5 Å². The van der Waals surface area contributed by atoms with Gasteiger partial charge in [0, 0.05) is 11.4 Å². The molecule has 1 amide bonds. The van der Waals surface area contributed by atoms with Crippen LogP contribution in [0.4, 0.5) is 5.69 Å². The van der Waals surface area contributed by atoms with Crippen LogP contribution < -0.4 is 5.01 Å². The van der Waals surface area contributed by atoms with Gasteiger partial charge in [0.1, 0.15) is 5.88 Å². The van der Waals surface area contributed by atoms with Gasteiger partial charge in [-0.15, -0.1) is 11.6 Å². The van der Waals surface area contributed by atoms with Gasteiger partial charge >= 0.3 is 0 Å². The molecular weight excluding hydrogens is 248 g/mol. The topological polar surface area (TPSA) is 25.2 Å². The Morgan fingerprint density at radius 1 is 1.11 bits per heavy atom. The lowest BCUT2D eigenvalue weighted by Gasteiger charge is -2.26. The molecule has 2 rings (SSSR count). The van der Waals surface area contributed by atoms with E-state index in [0.29, 0.717) is 0 Å². The van der Waals surface area contributed by atoms with E-state index in [0.717, 1.165) is 17.1 Å². The minimum Gasteiger partial charge on any atom is -0.271 e. The third-order valence-electron chi connectivity index (χ3n) is 2.79. The second kappa shape index (κ2) is 5.27. The van der Waals surface area contributed by atoms with E-state index in [2.05, 4.69) is 0 Å². The first-order valence-corrected chi connectivity index (χ1v) is 6.28. The molecule has 1 heterocycles. The lowest BCUT2D eigenvalue weighted by molar-refractivity contribution is -0.116. The molecule has 0 unspecified atom stereocenters. The van der Waals surface area contributed by atoms with E-state index in [1.54, 1.807) is 5.01 Å². The Kier molecular flexibility index (Phi) is 3.72. The molecule has 0 aliphatic heterocycles. The summed E-state index contributed by atoms with van der Waals surface area (Å²) in [6.45, 7) is 3.93. The van der Waals surface area contributed by atoms with Gasteiger partial charge in [-0.2, -0.15) is 0 Å². The van der Waals surface area contributed by atoms with Crippen molar-refractivity contribution in [3.8, 4) is 0 Å². The van der Waals surface area contributed by atoms with E-state index in [4.69, 9.17) is 11.6 Å². The number of rotatable bonds is 3. The lowest BCUT2D eigenvalue weighted by atomic mass is 10.3. The Balaban J connectivity index is 2.54. The van der Waals surface area contributed by atoms with E-state index in [9.17, 15) is 4.79 Å². The van der Waals surface area contributed by atoms with Gasteiger partial charge in [-0.3, -0.25) is 9.47 Å². The van der Waals surface area contributed by atoms with E-state index in [1.165, 1.54) is 0 Å². The summed E-state index contributed by atoms with van der Waals surface area (Å²) in [4.78, 5) is 12.1. The number of alkyl halides is 1. The van der Waals surface area contributed by atoms with Gasteiger partial charge in [-0.25, -0.2) is 5.01 Å². The van der Waals surface area contributed by atoms with Crippen molar-refractivity contribution in [2.24, 2.45) is 0 Å². The number of carbonyl (C=O) groups excluding carboxylic acids is 1. The maximum absolute atomic E-state index is 12.1. The summed E-state index contributed by atoms with van der Waals surface area (Å²) < 4.78 is 1.88. The third kappa shape index (κ3) is 2.27. The fourth-order valence-corrected chi connectivity index (χ4v) is 2.09. The minimum absolute atomic E-state index is 0.0496. The number of para-hydroxylation sites is 1. The molecule has 0 fully saturated rings. The number of benzene rings is 1. The number of nitrogens with zero attached hydrogens (tertiary/aromatic N) is 2. The molecule has 0 radical (unpaired) electrons. The van der Waals surface area contributed by atoms with Crippen LogP contribution in [0.5, 0.6) is 0 Å². The number of amides is 1. The molecule has 18 heavy (non-hydrogen) atoms. The average molecular weight is 263 g/mol. The standard InChI is InChI=1S/C14H15ClN2O/c1-11-8-9-12(2)16(11)17(14(18)10-15)13-6-4-3-5-7-13/h3-9H,10H2,1-2H3. The Morgan fingerprint density at radius 2 is 1.67 bits per heavy atom. The van der Waals surface area contributed by atoms with Crippen LogP contribution in [0.15, 0.2) is 42.5 Å². The molecule has 2 aromatic rings. The van der Waals surface area contributed by atoms with E-state index >= 15 is 0 Å². The van der Waals surface area contributed by atoms with Crippen LogP contribution in [0, 0.1) is 13.8 Å². The van der Waals surface area contributed by atoms with Gasteiger partial charge in [0.25, 0.3) is 5.91 Å². The first-order chi connectivity index (χ1) is 8.65. The number of anilines is 1. The van der Waals surface area contributed by atoms with E-state index in [1.807, 2.05) is 61.0 Å². The maximum Gasteiger partial charge on any atom is 0.261 e. The summed E-state index contributed by atoms with van der Waals surface area (Å²) in [7, 11) is 0. The smallest absolute Gasteiger partial charge is 0.261 e. The largest absolute Gasteiger partial charge is 0.271 e. The number of halogens is 1. The van der Waals surface area contributed by atoms with E-state index in [-0.39, 0.29) is 11.8 Å². The second-order valence-corrected chi connectivity index (χ2v) is 4.37. The van der Waals surface area contributed by atoms with Gasteiger partial charge in [-0.1, -0.05) is 18.2 Å². The predicted octanol–water partition coefficient (Wildman–Crippen LogP) is 3.14. The normalized spacial score (nSPS) is 10.4. The molecule has 0 bridgehead atoms.